The molecule has 0 saturated carbocycles. The molecule has 1 nitrogen and oxygen atoms in total. The Morgan fingerprint density at radius 3 is 2.52 bits per heavy atom. The van der Waals surface area contributed by atoms with Crippen molar-refractivity contribution in [3.63, 3.8) is 0 Å². The molecule has 1 aliphatic carbocycles. The van der Waals surface area contributed by atoms with E-state index in [1.165, 1.54) is 33.0 Å². The van der Waals surface area contributed by atoms with Gasteiger partial charge in [0.15, 0.2) is 0 Å². The monoisotopic (exact) mass is 322 g/mol. The molecule has 0 radical (unpaired) electrons. The van der Waals surface area contributed by atoms with Crippen LogP contribution in [0.4, 0.5) is 0 Å². The Morgan fingerprint density at radius 2 is 1.68 bits per heavy atom. The third-order valence-electron chi connectivity index (χ3n) is 5.06. The highest BCUT2D eigenvalue weighted by molar-refractivity contribution is 5.90. The highest BCUT2D eigenvalue weighted by Crippen LogP contribution is 2.41. The largest absolute Gasteiger partial charge is 0.465 e. The van der Waals surface area contributed by atoms with Crippen molar-refractivity contribution in [2.75, 3.05) is 0 Å². The number of hydrogen-bond donors (Lipinski definition) is 0. The van der Waals surface area contributed by atoms with Crippen molar-refractivity contribution in [2.24, 2.45) is 0 Å². The number of aryl methyl sites for hydroxylation is 1. The molecule has 1 atom stereocenters. The third kappa shape index (κ3) is 2.32. The molecule has 1 aromatic heterocycles. The quantitative estimate of drug-likeness (QED) is 0.407. The van der Waals surface area contributed by atoms with E-state index in [-0.39, 0.29) is 5.92 Å². The van der Waals surface area contributed by atoms with Crippen molar-refractivity contribution in [3.05, 3.63) is 102 Å². The average molecular weight is 322 g/mol. The Labute approximate surface area is 147 Å². The van der Waals surface area contributed by atoms with Gasteiger partial charge in [-0.2, -0.15) is 0 Å². The molecule has 1 aliphatic rings. The van der Waals surface area contributed by atoms with E-state index in [0.717, 1.165) is 11.5 Å². The van der Waals surface area contributed by atoms with Crippen molar-refractivity contribution in [1.82, 2.24) is 0 Å². The maximum atomic E-state index is 5.88. The molecule has 120 valence electrons. The second kappa shape index (κ2) is 5.49. The summed E-state index contributed by atoms with van der Waals surface area (Å²) in [6, 6.07) is 25.9. The molecular weight excluding hydrogens is 304 g/mol. The SMILES string of the molecule is Cc1ccc(C2C=Cc3c(-c4ccc5ccccc5c4)cccc32)o1. The minimum absolute atomic E-state index is 0.212. The molecule has 0 aliphatic heterocycles. The topological polar surface area (TPSA) is 13.1 Å². The number of rotatable bonds is 2. The highest BCUT2D eigenvalue weighted by Gasteiger charge is 2.23. The predicted octanol–water partition coefficient (Wildman–Crippen LogP) is 6.57. The summed E-state index contributed by atoms with van der Waals surface area (Å²) in [5.41, 5.74) is 5.17. The fourth-order valence-electron chi connectivity index (χ4n) is 3.81. The van der Waals surface area contributed by atoms with E-state index in [0.29, 0.717) is 0 Å². The molecule has 0 bridgehead atoms. The van der Waals surface area contributed by atoms with Crippen molar-refractivity contribution in [3.8, 4) is 11.1 Å². The molecule has 1 heteroatoms. The number of hydrogen-bond acceptors (Lipinski definition) is 1. The first kappa shape index (κ1) is 14.3. The average Bonchev–Trinajstić information content (AvgIpc) is 3.27. The van der Waals surface area contributed by atoms with Crippen LogP contribution in [0.5, 0.6) is 0 Å². The first-order valence-electron chi connectivity index (χ1n) is 8.66. The van der Waals surface area contributed by atoms with Gasteiger partial charge in [-0.15, -0.1) is 0 Å². The van der Waals surface area contributed by atoms with E-state index in [1.807, 2.05) is 13.0 Å². The van der Waals surface area contributed by atoms with E-state index >= 15 is 0 Å². The standard InChI is InChI=1S/C24H18O/c1-16-9-14-24(25-16)23-13-12-22-20(7-4-8-21(22)23)19-11-10-17-5-2-3-6-18(17)15-19/h2-15,23H,1H3. The van der Waals surface area contributed by atoms with Crippen molar-refractivity contribution in [1.29, 1.82) is 0 Å². The van der Waals surface area contributed by atoms with Gasteiger partial charge in [-0.1, -0.05) is 66.7 Å². The van der Waals surface area contributed by atoms with Gasteiger partial charge in [0.25, 0.3) is 0 Å². The Kier molecular flexibility index (Phi) is 3.14. The van der Waals surface area contributed by atoms with Crippen LogP contribution in [0.1, 0.15) is 28.6 Å². The second-order valence-corrected chi connectivity index (χ2v) is 6.66. The van der Waals surface area contributed by atoms with E-state index in [1.54, 1.807) is 0 Å². The van der Waals surface area contributed by atoms with Gasteiger partial charge in [-0.25, -0.2) is 0 Å². The molecule has 1 unspecified atom stereocenters. The van der Waals surface area contributed by atoms with Crippen LogP contribution in [0.25, 0.3) is 28.0 Å². The van der Waals surface area contributed by atoms with Crippen LogP contribution in [0.3, 0.4) is 0 Å². The lowest BCUT2D eigenvalue weighted by Crippen LogP contribution is -1.95. The van der Waals surface area contributed by atoms with Crippen molar-refractivity contribution >= 4 is 16.8 Å². The third-order valence-corrected chi connectivity index (χ3v) is 5.06. The molecule has 0 amide bonds. The summed E-state index contributed by atoms with van der Waals surface area (Å²) in [4.78, 5) is 0. The Bertz CT molecular complexity index is 1110. The van der Waals surface area contributed by atoms with Crippen LogP contribution in [0, 0.1) is 6.92 Å². The fraction of sp³-hybridized carbons (Fsp3) is 0.0833. The molecule has 5 rings (SSSR count). The van der Waals surface area contributed by atoms with Crippen LogP contribution in [-0.2, 0) is 0 Å². The number of allylic oxidation sites excluding steroid dienone is 1. The zero-order valence-electron chi connectivity index (χ0n) is 14.1. The van der Waals surface area contributed by atoms with E-state index in [2.05, 4.69) is 78.9 Å². The molecule has 0 fully saturated rings. The molecule has 0 spiro atoms. The lowest BCUT2D eigenvalue weighted by Gasteiger charge is -2.12. The lowest BCUT2D eigenvalue weighted by atomic mass is 9.92. The van der Waals surface area contributed by atoms with Crippen LogP contribution in [0.2, 0.25) is 0 Å². The fourth-order valence-corrected chi connectivity index (χ4v) is 3.81. The van der Waals surface area contributed by atoms with E-state index in [9.17, 15) is 0 Å². The Morgan fingerprint density at radius 1 is 0.800 bits per heavy atom. The van der Waals surface area contributed by atoms with Gasteiger partial charge in [-0.05, 0) is 58.1 Å². The zero-order valence-corrected chi connectivity index (χ0v) is 14.1. The zero-order chi connectivity index (χ0) is 16.8. The van der Waals surface area contributed by atoms with Crippen molar-refractivity contribution < 1.29 is 4.42 Å². The number of furan rings is 1. The predicted molar refractivity (Wildman–Crippen MR) is 104 cm³/mol. The molecule has 0 saturated heterocycles. The minimum atomic E-state index is 0.212. The Balaban J connectivity index is 1.64. The van der Waals surface area contributed by atoms with Gasteiger partial charge in [0.2, 0.25) is 0 Å². The Hall–Kier alpha value is -3.06. The second-order valence-electron chi connectivity index (χ2n) is 6.66. The highest BCUT2D eigenvalue weighted by atomic mass is 16.3. The van der Waals surface area contributed by atoms with Crippen molar-refractivity contribution in [2.45, 2.75) is 12.8 Å². The molecular formula is C24H18O. The van der Waals surface area contributed by atoms with Gasteiger partial charge in [-0.3, -0.25) is 0 Å². The van der Waals surface area contributed by atoms with Crippen LogP contribution < -0.4 is 0 Å². The smallest absolute Gasteiger partial charge is 0.115 e. The first-order chi connectivity index (χ1) is 12.3. The molecule has 4 aromatic rings. The van der Waals surface area contributed by atoms with Gasteiger partial charge >= 0.3 is 0 Å². The normalized spacial score (nSPS) is 15.6. The maximum absolute atomic E-state index is 5.88. The number of benzene rings is 3. The first-order valence-corrected chi connectivity index (χ1v) is 8.66. The van der Waals surface area contributed by atoms with Crippen LogP contribution in [0.15, 0.2) is 83.3 Å². The summed E-state index contributed by atoms with van der Waals surface area (Å²) >= 11 is 0. The molecule has 0 N–H and O–H groups in total. The summed E-state index contributed by atoms with van der Waals surface area (Å²) in [5, 5.41) is 2.55. The molecule has 1 heterocycles. The van der Waals surface area contributed by atoms with E-state index < -0.39 is 0 Å². The van der Waals surface area contributed by atoms with Gasteiger partial charge in [0, 0.05) is 0 Å². The summed E-state index contributed by atoms with van der Waals surface area (Å²) in [6.07, 6.45) is 4.48. The summed E-state index contributed by atoms with van der Waals surface area (Å²) in [5.74, 6) is 2.19. The molecule has 25 heavy (non-hydrogen) atoms. The van der Waals surface area contributed by atoms with Gasteiger partial charge in [0.05, 0.1) is 5.92 Å². The number of fused-ring (bicyclic) bond motifs is 2. The molecule has 3 aromatic carbocycles. The summed E-state index contributed by atoms with van der Waals surface area (Å²) in [6.45, 7) is 1.99. The minimum Gasteiger partial charge on any atom is -0.465 e. The summed E-state index contributed by atoms with van der Waals surface area (Å²) in [7, 11) is 0. The lowest BCUT2D eigenvalue weighted by molar-refractivity contribution is 0.482. The maximum Gasteiger partial charge on any atom is 0.115 e. The van der Waals surface area contributed by atoms with Gasteiger partial charge in [0.1, 0.15) is 11.5 Å². The van der Waals surface area contributed by atoms with Crippen LogP contribution in [-0.4, -0.2) is 0 Å². The summed E-state index contributed by atoms with van der Waals surface area (Å²) < 4.78 is 5.88. The van der Waals surface area contributed by atoms with Crippen LogP contribution >= 0.6 is 0 Å². The van der Waals surface area contributed by atoms with E-state index in [4.69, 9.17) is 4.42 Å². The van der Waals surface area contributed by atoms with Gasteiger partial charge < -0.3 is 4.42 Å².